The molecule has 0 aliphatic carbocycles. The molecule has 0 spiro atoms. The Morgan fingerprint density at radius 3 is 2.24 bits per heavy atom. The van der Waals surface area contributed by atoms with Crippen molar-refractivity contribution in [2.45, 2.75) is 40.2 Å². The van der Waals surface area contributed by atoms with Crippen molar-refractivity contribution in [2.24, 2.45) is 0 Å². The van der Waals surface area contributed by atoms with E-state index in [1.54, 1.807) is 6.92 Å². The van der Waals surface area contributed by atoms with E-state index in [-0.39, 0.29) is 0 Å². The van der Waals surface area contributed by atoms with Gasteiger partial charge >= 0.3 is 5.97 Å². The second-order valence-electron chi connectivity index (χ2n) is 4.55. The zero-order valence-electron chi connectivity index (χ0n) is 11.0. The van der Waals surface area contributed by atoms with Gasteiger partial charge in [0.2, 0.25) is 0 Å². The molecule has 0 fully saturated rings. The fraction of sp³-hybridized carbons (Fsp3) is 0.500. The predicted molar refractivity (Wildman–Crippen MR) is 70.7 cm³/mol. The van der Waals surface area contributed by atoms with E-state index in [0.29, 0.717) is 0 Å². The Kier molecular flexibility index (Phi) is 4.55. The van der Waals surface area contributed by atoms with Crippen molar-refractivity contribution in [3.05, 3.63) is 29.3 Å². The van der Waals surface area contributed by atoms with E-state index in [0.717, 1.165) is 18.7 Å². The van der Waals surface area contributed by atoms with Crippen LogP contribution in [0.15, 0.2) is 18.2 Å². The summed E-state index contributed by atoms with van der Waals surface area (Å²) in [6.45, 7) is 8.62. The molecule has 3 heteroatoms. The van der Waals surface area contributed by atoms with E-state index in [1.807, 2.05) is 30.9 Å². The molecule has 0 bridgehead atoms. The smallest absolute Gasteiger partial charge is 0.326 e. The van der Waals surface area contributed by atoms with E-state index in [4.69, 9.17) is 5.11 Å². The predicted octanol–water partition coefficient (Wildman–Crippen LogP) is 2.99. The minimum Gasteiger partial charge on any atom is -0.480 e. The van der Waals surface area contributed by atoms with E-state index in [2.05, 4.69) is 13.0 Å². The highest BCUT2D eigenvalue weighted by molar-refractivity contribution is 5.77. The lowest BCUT2D eigenvalue weighted by atomic mass is 10.1. The van der Waals surface area contributed by atoms with Gasteiger partial charge in [-0.05, 0) is 50.5 Å². The quantitative estimate of drug-likeness (QED) is 0.853. The molecule has 1 unspecified atom stereocenters. The first-order valence-electron chi connectivity index (χ1n) is 6.03. The second kappa shape index (κ2) is 5.71. The lowest BCUT2D eigenvalue weighted by Gasteiger charge is -2.29. The highest BCUT2D eigenvalue weighted by Crippen LogP contribution is 2.21. The lowest BCUT2D eigenvalue weighted by Crippen LogP contribution is -2.39. The third-order valence-electron chi connectivity index (χ3n) is 2.83. The van der Waals surface area contributed by atoms with Crippen LogP contribution < -0.4 is 4.90 Å². The Morgan fingerprint density at radius 1 is 1.29 bits per heavy atom. The first kappa shape index (κ1) is 13.6. The second-order valence-corrected chi connectivity index (χ2v) is 4.55. The molecule has 0 aliphatic rings. The molecule has 17 heavy (non-hydrogen) atoms. The molecule has 0 aromatic heterocycles. The fourth-order valence-electron chi connectivity index (χ4n) is 2.04. The maximum atomic E-state index is 11.1. The molecule has 1 aromatic rings. The molecule has 1 atom stereocenters. The normalized spacial score (nSPS) is 12.2. The van der Waals surface area contributed by atoms with Gasteiger partial charge < -0.3 is 10.0 Å². The van der Waals surface area contributed by atoms with E-state index >= 15 is 0 Å². The number of anilines is 1. The zero-order chi connectivity index (χ0) is 13.0. The van der Waals surface area contributed by atoms with Crippen LogP contribution in [-0.2, 0) is 4.79 Å². The molecule has 1 rings (SSSR count). The molecule has 0 heterocycles. The SMILES string of the molecule is CCCN(c1cc(C)cc(C)c1)C(C)C(=O)O. The summed E-state index contributed by atoms with van der Waals surface area (Å²) in [6, 6.07) is 5.69. The molecule has 1 N–H and O–H groups in total. The van der Waals surface area contributed by atoms with Crippen LogP contribution in [0.4, 0.5) is 5.69 Å². The Hall–Kier alpha value is -1.51. The van der Waals surface area contributed by atoms with Gasteiger partial charge in [-0.1, -0.05) is 13.0 Å². The number of carbonyl (C=O) groups is 1. The Morgan fingerprint density at radius 2 is 1.82 bits per heavy atom. The summed E-state index contributed by atoms with van der Waals surface area (Å²) in [7, 11) is 0. The van der Waals surface area contributed by atoms with Crippen molar-refractivity contribution < 1.29 is 9.90 Å². The van der Waals surface area contributed by atoms with E-state index in [9.17, 15) is 4.79 Å². The Balaban J connectivity index is 3.08. The van der Waals surface area contributed by atoms with Gasteiger partial charge in [0.05, 0.1) is 0 Å². The number of benzene rings is 1. The number of hydrogen-bond donors (Lipinski definition) is 1. The van der Waals surface area contributed by atoms with Crippen molar-refractivity contribution in [1.29, 1.82) is 0 Å². The van der Waals surface area contributed by atoms with Crippen LogP contribution in [0.5, 0.6) is 0 Å². The summed E-state index contributed by atoms with van der Waals surface area (Å²) in [5.74, 6) is -0.780. The van der Waals surface area contributed by atoms with Gasteiger partial charge in [0.25, 0.3) is 0 Å². The van der Waals surface area contributed by atoms with E-state index < -0.39 is 12.0 Å². The first-order chi connectivity index (χ1) is 7.95. The summed E-state index contributed by atoms with van der Waals surface area (Å²) in [5, 5.41) is 9.14. The van der Waals surface area contributed by atoms with Crippen molar-refractivity contribution in [3.8, 4) is 0 Å². The summed E-state index contributed by atoms with van der Waals surface area (Å²) < 4.78 is 0. The number of hydrogen-bond acceptors (Lipinski definition) is 2. The zero-order valence-corrected chi connectivity index (χ0v) is 11.0. The topological polar surface area (TPSA) is 40.5 Å². The summed E-state index contributed by atoms with van der Waals surface area (Å²) in [5.41, 5.74) is 3.33. The van der Waals surface area contributed by atoms with Crippen molar-refractivity contribution >= 4 is 11.7 Å². The minimum atomic E-state index is -0.780. The summed E-state index contributed by atoms with van der Waals surface area (Å²) >= 11 is 0. The number of rotatable bonds is 5. The van der Waals surface area contributed by atoms with Gasteiger partial charge in [-0.25, -0.2) is 4.79 Å². The molecule has 1 aromatic carbocycles. The highest BCUT2D eigenvalue weighted by atomic mass is 16.4. The largest absolute Gasteiger partial charge is 0.480 e. The van der Waals surface area contributed by atoms with E-state index in [1.165, 1.54) is 11.1 Å². The van der Waals surface area contributed by atoms with Gasteiger partial charge in [-0.2, -0.15) is 0 Å². The molecule has 94 valence electrons. The number of carboxylic acid groups (broad SMARTS) is 1. The monoisotopic (exact) mass is 235 g/mol. The number of nitrogens with zero attached hydrogens (tertiary/aromatic N) is 1. The van der Waals surface area contributed by atoms with Gasteiger partial charge in [0.15, 0.2) is 0 Å². The highest BCUT2D eigenvalue weighted by Gasteiger charge is 2.20. The Labute approximate surface area is 103 Å². The third kappa shape index (κ3) is 3.48. The van der Waals surface area contributed by atoms with Crippen LogP contribution in [0.25, 0.3) is 0 Å². The first-order valence-corrected chi connectivity index (χ1v) is 6.03. The van der Waals surface area contributed by atoms with Crippen LogP contribution >= 0.6 is 0 Å². The summed E-state index contributed by atoms with van der Waals surface area (Å²) in [4.78, 5) is 13.1. The standard InChI is InChI=1S/C14H21NO2/c1-5-6-15(12(4)14(16)17)13-8-10(2)7-11(3)9-13/h7-9,12H,5-6H2,1-4H3,(H,16,17). The van der Waals surface area contributed by atoms with Crippen LogP contribution in [0, 0.1) is 13.8 Å². The van der Waals surface area contributed by atoms with Crippen molar-refractivity contribution in [3.63, 3.8) is 0 Å². The molecule has 0 radical (unpaired) electrons. The fourth-order valence-corrected chi connectivity index (χ4v) is 2.04. The lowest BCUT2D eigenvalue weighted by molar-refractivity contribution is -0.138. The van der Waals surface area contributed by atoms with Gasteiger partial charge in [-0.15, -0.1) is 0 Å². The minimum absolute atomic E-state index is 0.490. The molecule has 0 amide bonds. The average Bonchev–Trinajstić information content (AvgIpc) is 2.23. The summed E-state index contributed by atoms with van der Waals surface area (Å²) in [6.07, 6.45) is 0.935. The van der Waals surface area contributed by atoms with Gasteiger partial charge in [-0.3, -0.25) is 0 Å². The molecule has 0 aliphatic heterocycles. The molecule has 3 nitrogen and oxygen atoms in total. The van der Waals surface area contributed by atoms with Gasteiger partial charge in [0, 0.05) is 12.2 Å². The molecule has 0 saturated heterocycles. The molecule has 0 saturated carbocycles. The molecular formula is C14H21NO2. The maximum Gasteiger partial charge on any atom is 0.326 e. The number of aliphatic carboxylic acids is 1. The van der Waals surface area contributed by atoms with Gasteiger partial charge in [0.1, 0.15) is 6.04 Å². The maximum absolute atomic E-state index is 11.1. The van der Waals surface area contributed by atoms with Crippen LogP contribution in [0.1, 0.15) is 31.4 Å². The molecular weight excluding hydrogens is 214 g/mol. The number of aryl methyl sites for hydroxylation is 2. The Bertz CT molecular complexity index is 381. The van der Waals surface area contributed by atoms with Crippen LogP contribution in [-0.4, -0.2) is 23.7 Å². The third-order valence-corrected chi connectivity index (χ3v) is 2.83. The van der Waals surface area contributed by atoms with Crippen LogP contribution in [0.2, 0.25) is 0 Å². The number of carboxylic acids is 1. The van der Waals surface area contributed by atoms with Crippen molar-refractivity contribution in [1.82, 2.24) is 0 Å². The van der Waals surface area contributed by atoms with Crippen LogP contribution in [0.3, 0.4) is 0 Å². The average molecular weight is 235 g/mol. The van der Waals surface area contributed by atoms with Crippen molar-refractivity contribution in [2.75, 3.05) is 11.4 Å².